The molecule has 0 bridgehead atoms. The summed E-state index contributed by atoms with van der Waals surface area (Å²) >= 11 is 0. The van der Waals surface area contributed by atoms with E-state index in [2.05, 4.69) is 11.7 Å². The summed E-state index contributed by atoms with van der Waals surface area (Å²) in [4.78, 5) is 32.6. The lowest BCUT2D eigenvalue weighted by Gasteiger charge is -2.03. The molecule has 0 aromatic carbocycles. The predicted molar refractivity (Wildman–Crippen MR) is 65.9 cm³/mol. The van der Waals surface area contributed by atoms with Gasteiger partial charge in [0.15, 0.2) is 0 Å². The second kappa shape index (κ2) is 9.39. The van der Waals surface area contributed by atoms with Crippen molar-refractivity contribution in [3.8, 4) is 0 Å². The van der Waals surface area contributed by atoms with E-state index in [1.165, 1.54) is 6.92 Å². The smallest absolute Gasteiger partial charge is 0.334 e. The molecule has 0 unspecified atom stereocenters. The average molecular weight is 256 g/mol. The van der Waals surface area contributed by atoms with Gasteiger partial charge in [0.2, 0.25) is 0 Å². The Labute approximate surface area is 107 Å². The quantitative estimate of drug-likeness (QED) is 0.225. The lowest BCUT2D eigenvalue weighted by atomic mass is 10.1. The zero-order valence-electron chi connectivity index (χ0n) is 10.9. The Bertz CT molecular complexity index is 330. The molecule has 0 rings (SSSR count). The van der Waals surface area contributed by atoms with Crippen molar-refractivity contribution in [1.82, 2.24) is 0 Å². The van der Waals surface area contributed by atoms with E-state index in [1.54, 1.807) is 0 Å². The van der Waals surface area contributed by atoms with Crippen molar-refractivity contribution < 1.29 is 24.2 Å². The topological polar surface area (TPSA) is 80.7 Å². The van der Waals surface area contributed by atoms with Crippen molar-refractivity contribution in [3.63, 3.8) is 0 Å². The number of aliphatic carboxylic acids is 1. The van der Waals surface area contributed by atoms with Crippen LogP contribution in [0.5, 0.6) is 0 Å². The summed E-state index contributed by atoms with van der Waals surface area (Å²) in [7, 11) is 0. The molecule has 0 saturated heterocycles. The Balaban J connectivity index is 4.19. The van der Waals surface area contributed by atoms with Crippen LogP contribution in [0.2, 0.25) is 0 Å². The highest BCUT2D eigenvalue weighted by Gasteiger charge is 2.10. The minimum Gasteiger partial charge on any atom is -0.478 e. The van der Waals surface area contributed by atoms with E-state index in [0.717, 1.165) is 31.9 Å². The van der Waals surface area contributed by atoms with Gasteiger partial charge in [-0.1, -0.05) is 26.2 Å². The van der Waals surface area contributed by atoms with Crippen LogP contribution in [0, 0.1) is 0 Å². The maximum atomic E-state index is 11.1. The third-order valence-corrected chi connectivity index (χ3v) is 2.30. The second-order valence-electron chi connectivity index (χ2n) is 4.13. The minimum absolute atomic E-state index is 0.0583. The first kappa shape index (κ1) is 16.4. The molecule has 5 heteroatoms. The van der Waals surface area contributed by atoms with E-state index >= 15 is 0 Å². The molecule has 1 N–H and O–H groups in total. The van der Waals surface area contributed by atoms with Crippen LogP contribution in [-0.2, 0) is 19.1 Å². The molecule has 0 aromatic heterocycles. The fourth-order valence-corrected chi connectivity index (χ4v) is 1.34. The fourth-order valence-electron chi connectivity index (χ4n) is 1.34. The van der Waals surface area contributed by atoms with Crippen LogP contribution in [0.15, 0.2) is 11.8 Å². The number of carboxylic acids is 1. The van der Waals surface area contributed by atoms with Crippen molar-refractivity contribution >= 4 is 17.7 Å². The van der Waals surface area contributed by atoms with Gasteiger partial charge in [-0.2, -0.15) is 0 Å². The van der Waals surface area contributed by atoms with Gasteiger partial charge in [-0.15, -0.1) is 0 Å². The number of carbonyl (C=O) groups excluding carboxylic acids is 2. The van der Waals surface area contributed by atoms with E-state index in [-0.39, 0.29) is 17.8 Å². The van der Waals surface area contributed by atoms with Gasteiger partial charge in [-0.05, 0) is 19.8 Å². The number of rotatable bonds is 9. The molecule has 102 valence electrons. The van der Waals surface area contributed by atoms with Crippen LogP contribution in [-0.4, -0.2) is 22.8 Å². The number of unbranched alkanes of at least 4 members (excludes halogenated alkanes) is 3. The Hall–Kier alpha value is -1.65. The van der Waals surface area contributed by atoms with Crippen LogP contribution in [0.25, 0.3) is 0 Å². The van der Waals surface area contributed by atoms with E-state index in [0.29, 0.717) is 6.42 Å². The van der Waals surface area contributed by atoms with Gasteiger partial charge in [0.05, 0.1) is 5.57 Å². The van der Waals surface area contributed by atoms with E-state index in [4.69, 9.17) is 5.11 Å². The zero-order chi connectivity index (χ0) is 14.0. The Morgan fingerprint density at radius 2 is 1.83 bits per heavy atom. The molecule has 0 saturated carbocycles. The highest BCUT2D eigenvalue weighted by molar-refractivity contribution is 5.94. The lowest BCUT2D eigenvalue weighted by molar-refractivity contribution is -0.140. The standard InChI is InChI=1S/C13H20O5/c1-3-4-5-6-7-11(13(16)17)9-18-12(15)8-10(2)14/h9H,3-8H2,1-2H3,(H,16,17). The maximum absolute atomic E-state index is 11.1. The van der Waals surface area contributed by atoms with Gasteiger partial charge >= 0.3 is 11.9 Å². The summed E-state index contributed by atoms with van der Waals surface area (Å²) < 4.78 is 4.63. The van der Waals surface area contributed by atoms with E-state index in [9.17, 15) is 14.4 Å². The largest absolute Gasteiger partial charge is 0.478 e. The number of hydrogen-bond acceptors (Lipinski definition) is 4. The van der Waals surface area contributed by atoms with Crippen LogP contribution in [0.1, 0.15) is 52.4 Å². The van der Waals surface area contributed by atoms with Crippen molar-refractivity contribution in [2.24, 2.45) is 0 Å². The molecular weight excluding hydrogens is 236 g/mol. The highest BCUT2D eigenvalue weighted by atomic mass is 16.5. The van der Waals surface area contributed by atoms with Crippen molar-refractivity contribution in [3.05, 3.63) is 11.8 Å². The van der Waals surface area contributed by atoms with Crippen LogP contribution in [0.4, 0.5) is 0 Å². The van der Waals surface area contributed by atoms with Gasteiger partial charge in [-0.25, -0.2) is 4.79 Å². The molecule has 5 nitrogen and oxygen atoms in total. The molecule has 0 heterocycles. The minimum atomic E-state index is -1.10. The highest BCUT2D eigenvalue weighted by Crippen LogP contribution is 2.11. The Kier molecular flexibility index (Phi) is 8.53. The lowest BCUT2D eigenvalue weighted by Crippen LogP contribution is -2.08. The molecule has 0 aromatic rings. The Morgan fingerprint density at radius 3 is 2.33 bits per heavy atom. The normalized spacial score (nSPS) is 11.1. The van der Waals surface area contributed by atoms with Gasteiger partial charge in [-0.3, -0.25) is 9.59 Å². The molecule has 0 amide bonds. The number of carboxylic acid groups (broad SMARTS) is 1. The number of carbonyl (C=O) groups is 3. The average Bonchev–Trinajstić information content (AvgIpc) is 2.26. The van der Waals surface area contributed by atoms with Crippen LogP contribution < -0.4 is 0 Å². The molecule has 0 radical (unpaired) electrons. The van der Waals surface area contributed by atoms with Gasteiger partial charge in [0.25, 0.3) is 0 Å². The number of Topliss-reactive ketones (excluding diaryl/α,β-unsaturated/α-hetero) is 1. The summed E-state index contributed by atoms with van der Waals surface area (Å²) in [5, 5.41) is 8.90. The third kappa shape index (κ3) is 8.50. The predicted octanol–water partition coefficient (Wildman–Crippen LogP) is 2.45. The summed E-state index contributed by atoms with van der Waals surface area (Å²) in [6, 6.07) is 0. The van der Waals surface area contributed by atoms with Crippen LogP contribution in [0.3, 0.4) is 0 Å². The first-order chi connectivity index (χ1) is 8.47. The van der Waals surface area contributed by atoms with Crippen molar-refractivity contribution in [2.75, 3.05) is 0 Å². The summed E-state index contributed by atoms with van der Waals surface area (Å²) in [5.74, 6) is -2.13. The first-order valence-corrected chi connectivity index (χ1v) is 6.08. The van der Waals surface area contributed by atoms with E-state index < -0.39 is 11.9 Å². The maximum Gasteiger partial charge on any atom is 0.334 e. The van der Waals surface area contributed by atoms with Crippen LogP contribution >= 0.6 is 0 Å². The monoisotopic (exact) mass is 256 g/mol. The molecule has 0 fully saturated rings. The number of ether oxygens (including phenoxy) is 1. The summed E-state index contributed by atoms with van der Waals surface area (Å²) in [5.41, 5.74) is 0.0583. The number of ketones is 1. The summed E-state index contributed by atoms with van der Waals surface area (Å²) in [6.45, 7) is 3.34. The molecule has 0 aliphatic carbocycles. The van der Waals surface area contributed by atoms with Crippen molar-refractivity contribution in [1.29, 1.82) is 0 Å². The summed E-state index contributed by atoms with van der Waals surface area (Å²) in [6.07, 6.45) is 4.79. The van der Waals surface area contributed by atoms with Gasteiger partial charge < -0.3 is 9.84 Å². The SMILES string of the molecule is CCCCCCC(=COC(=O)CC(C)=O)C(=O)O. The third-order valence-electron chi connectivity index (χ3n) is 2.30. The van der Waals surface area contributed by atoms with Gasteiger partial charge in [0, 0.05) is 0 Å². The number of hydrogen-bond donors (Lipinski definition) is 1. The number of esters is 1. The van der Waals surface area contributed by atoms with E-state index in [1.807, 2.05) is 0 Å². The first-order valence-electron chi connectivity index (χ1n) is 6.08. The fraction of sp³-hybridized carbons (Fsp3) is 0.615. The molecule has 0 aliphatic rings. The second-order valence-corrected chi connectivity index (χ2v) is 4.13. The molecule has 18 heavy (non-hydrogen) atoms. The zero-order valence-corrected chi connectivity index (χ0v) is 10.9. The van der Waals surface area contributed by atoms with Crippen molar-refractivity contribution in [2.45, 2.75) is 52.4 Å². The molecule has 0 atom stereocenters. The molecule has 0 spiro atoms. The Morgan fingerprint density at radius 1 is 1.17 bits per heavy atom. The molecular formula is C13H20O5. The van der Waals surface area contributed by atoms with Gasteiger partial charge in [0.1, 0.15) is 18.5 Å². The molecule has 0 aliphatic heterocycles.